The van der Waals surface area contributed by atoms with Gasteiger partial charge in [0.1, 0.15) is 5.15 Å². The molecule has 12 heavy (non-hydrogen) atoms. The van der Waals surface area contributed by atoms with Crippen molar-refractivity contribution in [3.05, 3.63) is 28.0 Å². The summed E-state index contributed by atoms with van der Waals surface area (Å²) in [5, 5.41) is 0.369. The molecular formula is C7H4Cl3NO. The number of halogens is 3. The molecule has 0 atom stereocenters. The van der Waals surface area contributed by atoms with Crippen LogP contribution in [0, 0.1) is 0 Å². The van der Waals surface area contributed by atoms with E-state index in [2.05, 4.69) is 4.98 Å². The van der Waals surface area contributed by atoms with Crippen LogP contribution in [-0.2, 0) is 0 Å². The molecule has 0 unspecified atom stereocenters. The minimum Gasteiger partial charge on any atom is -0.293 e. The predicted octanol–water partition coefficient (Wildman–Crippen LogP) is 2.81. The van der Waals surface area contributed by atoms with E-state index >= 15 is 0 Å². The maximum Gasteiger partial charge on any atom is 0.182 e. The smallest absolute Gasteiger partial charge is 0.182 e. The van der Waals surface area contributed by atoms with Crippen molar-refractivity contribution in [3.8, 4) is 0 Å². The van der Waals surface area contributed by atoms with Crippen molar-refractivity contribution in [1.29, 1.82) is 0 Å². The molecule has 64 valence electrons. The van der Waals surface area contributed by atoms with E-state index in [1.54, 1.807) is 0 Å². The van der Waals surface area contributed by atoms with Gasteiger partial charge in [0.25, 0.3) is 0 Å². The Balaban J connectivity index is 3.21. The van der Waals surface area contributed by atoms with E-state index in [1.807, 2.05) is 0 Å². The molecule has 1 aromatic heterocycles. The van der Waals surface area contributed by atoms with Gasteiger partial charge in [0.15, 0.2) is 5.78 Å². The van der Waals surface area contributed by atoms with Gasteiger partial charge >= 0.3 is 0 Å². The number of pyridine rings is 1. The lowest BCUT2D eigenvalue weighted by Gasteiger charge is -2.01. The number of rotatable bonds is 2. The fourth-order valence-corrected chi connectivity index (χ4v) is 1.43. The van der Waals surface area contributed by atoms with Crippen LogP contribution < -0.4 is 0 Å². The van der Waals surface area contributed by atoms with Crippen LogP contribution in [0.4, 0.5) is 0 Å². The summed E-state index contributed by atoms with van der Waals surface area (Å²) >= 11 is 16.7. The highest BCUT2D eigenvalue weighted by molar-refractivity contribution is 6.41. The first-order chi connectivity index (χ1) is 5.66. The third-order valence-corrected chi connectivity index (χ3v) is 2.10. The summed E-state index contributed by atoms with van der Waals surface area (Å²) in [4.78, 5) is 14.8. The summed E-state index contributed by atoms with van der Waals surface area (Å²) in [6.45, 7) is 0. The molecule has 0 aliphatic rings. The molecule has 1 heterocycles. The Labute approximate surface area is 84.5 Å². The molecule has 0 N–H and O–H groups in total. The Morgan fingerprint density at radius 3 is 2.67 bits per heavy atom. The molecular weight excluding hydrogens is 220 g/mol. The zero-order chi connectivity index (χ0) is 9.14. The van der Waals surface area contributed by atoms with Crippen molar-refractivity contribution < 1.29 is 4.79 Å². The molecule has 0 aliphatic carbocycles. The largest absolute Gasteiger partial charge is 0.293 e. The summed E-state index contributed by atoms with van der Waals surface area (Å²) in [5.41, 5.74) is 0.191. The van der Waals surface area contributed by atoms with Gasteiger partial charge in [-0.3, -0.25) is 4.79 Å². The minimum absolute atomic E-state index is 0.0909. The highest BCUT2D eigenvalue weighted by Gasteiger charge is 2.13. The second-order valence-electron chi connectivity index (χ2n) is 2.02. The maximum absolute atomic E-state index is 11.1. The molecule has 0 spiro atoms. The van der Waals surface area contributed by atoms with Gasteiger partial charge in [0.2, 0.25) is 0 Å². The number of aromatic nitrogens is 1. The molecule has 5 heteroatoms. The van der Waals surface area contributed by atoms with Crippen LogP contribution in [0.1, 0.15) is 10.4 Å². The van der Waals surface area contributed by atoms with Crippen LogP contribution in [-0.4, -0.2) is 16.6 Å². The first-order valence-electron chi connectivity index (χ1n) is 3.06. The fourth-order valence-electron chi connectivity index (χ4n) is 0.730. The number of alkyl halides is 1. The number of ketones is 1. The van der Waals surface area contributed by atoms with Crippen LogP contribution in [0.25, 0.3) is 0 Å². The average molecular weight is 224 g/mol. The lowest BCUT2D eigenvalue weighted by atomic mass is 10.2. The van der Waals surface area contributed by atoms with Gasteiger partial charge in [0, 0.05) is 6.20 Å². The van der Waals surface area contributed by atoms with Gasteiger partial charge < -0.3 is 0 Å². The normalized spacial score (nSPS) is 9.92. The van der Waals surface area contributed by atoms with Crippen LogP contribution >= 0.6 is 34.8 Å². The Morgan fingerprint density at radius 2 is 2.17 bits per heavy atom. The monoisotopic (exact) mass is 223 g/mol. The van der Waals surface area contributed by atoms with Crippen LogP contribution in [0.5, 0.6) is 0 Å². The lowest BCUT2D eigenvalue weighted by Crippen LogP contribution is -2.03. The number of carbonyl (C=O) groups excluding carboxylic acids is 1. The summed E-state index contributed by atoms with van der Waals surface area (Å²) in [6, 6.07) is 1.49. The third kappa shape index (κ3) is 1.89. The number of carbonyl (C=O) groups is 1. The first-order valence-corrected chi connectivity index (χ1v) is 4.35. The van der Waals surface area contributed by atoms with Gasteiger partial charge in [-0.2, -0.15) is 0 Å². The molecule has 0 saturated heterocycles. The summed E-state index contributed by atoms with van der Waals surface area (Å²) in [5.74, 6) is -0.467. The Kier molecular flexibility index (Phi) is 3.32. The van der Waals surface area contributed by atoms with Crippen molar-refractivity contribution in [2.45, 2.75) is 0 Å². The first kappa shape index (κ1) is 9.78. The Hall–Kier alpha value is -0.310. The van der Waals surface area contributed by atoms with E-state index in [0.29, 0.717) is 0 Å². The van der Waals surface area contributed by atoms with Crippen molar-refractivity contribution in [3.63, 3.8) is 0 Å². The molecule has 0 aromatic carbocycles. The van der Waals surface area contributed by atoms with E-state index in [0.717, 1.165) is 0 Å². The van der Waals surface area contributed by atoms with Gasteiger partial charge in [-0.15, -0.1) is 11.6 Å². The standard InChI is InChI=1S/C7H4Cl3NO/c8-3-5(12)6-4(9)1-2-11-7(6)10/h1-2H,3H2. The molecule has 0 amide bonds. The molecule has 1 rings (SSSR count). The van der Waals surface area contributed by atoms with Gasteiger partial charge in [-0.05, 0) is 6.07 Å². The molecule has 0 fully saturated rings. The zero-order valence-corrected chi connectivity index (χ0v) is 8.12. The second kappa shape index (κ2) is 4.08. The summed E-state index contributed by atoms with van der Waals surface area (Å²) in [7, 11) is 0. The predicted molar refractivity (Wildman–Crippen MR) is 49.3 cm³/mol. The quantitative estimate of drug-likeness (QED) is 0.439. The maximum atomic E-state index is 11.1. The van der Waals surface area contributed by atoms with E-state index in [1.165, 1.54) is 12.3 Å². The molecule has 0 bridgehead atoms. The molecule has 0 aliphatic heterocycles. The molecule has 1 aromatic rings. The Bertz CT molecular complexity index is 293. The van der Waals surface area contributed by atoms with Crippen LogP contribution in [0.15, 0.2) is 12.3 Å². The van der Waals surface area contributed by atoms with Crippen LogP contribution in [0.3, 0.4) is 0 Å². The fraction of sp³-hybridized carbons (Fsp3) is 0.143. The second-order valence-corrected chi connectivity index (χ2v) is 3.05. The molecule has 0 radical (unpaired) electrons. The van der Waals surface area contributed by atoms with Crippen LogP contribution in [0.2, 0.25) is 10.2 Å². The van der Waals surface area contributed by atoms with E-state index in [4.69, 9.17) is 34.8 Å². The Morgan fingerprint density at radius 1 is 1.50 bits per heavy atom. The zero-order valence-electron chi connectivity index (χ0n) is 5.85. The highest BCUT2D eigenvalue weighted by atomic mass is 35.5. The third-order valence-electron chi connectivity index (χ3n) is 1.25. The molecule has 0 saturated carbocycles. The number of hydrogen-bond acceptors (Lipinski definition) is 2. The van der Waals surface area contributed by atoms with E-state index < -0.39 is 0 Å². The summed E-state index contributed by atoms with van der Waals surface area (Å²) in [6.07, 6.45) is 1.43. The van der Waals surface area contributed by atoms with Gasteiger partial charge in [0.05, 0.1) is 16.5 Å². The van der Waals surface area contributed by atoms with Gasteiger partial charge in [-0.1, -0.05) is 23.2 Å². The van der Waals surface area contributed by atoms with Crippen molar-refractivity contribution in [2.75, 3.05) is 5.88 Å². The summed E-state index contributed by atoms with van der Waals surface area (Å²) < 4.78 is 0. The number of hydrogen-bond donors (Lipinski definition) is 0. The highest BCUT2D eigenvalue weighted by Crippen LogP contribution is 2.22. The lowest BCUT2D eigenvalue weighted by molar-refractivity contribution is 0.102. The van der Waals surface area contributed by atoms with Gasteiger partial charge in [-0.25, -0.2) is 4.98 Å². The SMILES string of the molecule is O=C(CCl)c1c(Cl)ccnc1Cl. The van der Waals surface area contributed by atoms with Crippen molar-refractivity contribution in [2.24, 2.45) is 0 Å². The van der Waals surface area contributed by atoms with Crippen molar-refractivity contribution in [1.82, 2.24) is 4.98 Å². The van der Waals surface area contributed by atoms with E-state index in [9.17, 15) is 4.79 Å². The van der Waals surface area contributed by atoms with E-state index in [-0.39, 0.29) is 27.4 Å². The van der Waals surface area contributed by atoms with Crippen molar-refractivity contribution >= 4 is 40.6 Å². The minimum atomic E-state index is -0.320. The number of Topliss-reactive ketones (excluding diaryl/α,β-unsaturated/α-hetero) is 1. The number of nitrogens with zero attached hydrogens (tertiary/aromatic N) is 1. The molecule has 2 nitrogen and oxygen atoms in total. The topological polar surface area (TPSA) is 30.0 Å². The average Bonchev–Trinajstić information content (AvgIpc) is 2.03.